The van der Waals surface area contributed by atoms with Crippen LogP contribution in [0.4, 0.5) is 11.4 Å². The summed E-state index contributed by atoms with van der Waals surface area (Å²) in [5.41, 5.74) is 3.23. The fraction of sp³-hybridized carbons (Fsp3) is 0.273. The number of carbonyl (C=O) groups is 1. The third-order valence-corrected chi connectivity index (χ3v) is 6.25. The zero-order valence-corrected chi connectivity index (χ0v) is 16.4. The summed E-state index contributed by atoms with van der Waals surface area (Å²) in [6.07, 6.45) is 2.93. The van der Waals surface area contributed by atoms with E-state index in [1.807, 2.05) is 30.3 Å². The number of fused-ring (bicyclic) bond motifs is 3. The Labute approximate surface area is 168 Å². The van der Waals surface area contributed by atoms with Crippen LogP contribution in [0.15, 0.2) is 54.7 Å². The van der Waals surface area contributed by atoms with Gasteiger partial charge in [-0.3, -0.25) is 14.7 Å². The van der Waals surface area contributed by atoms with Crippen LogP contribution in [0.3, 0.4) is 0 Å². The van der Waals surface area contributed by atoms with Crippen LogP contribution in [0, 0.1) is 0 Å². The number of carbonyl (C=O) groups excluding carboxylic acids is 1. The molecule has 6 heteroatoms. The summed E-state index contributed by atoms with van der Waals surface area (Å²) in [6, 6.07) is 16.5. The first-order valence-electron chi connectivity index (χ1n) is 9.51. The van der Waals surface area contributed by atoms with Crippen LogP contribution in [0.2, 0.25) is 5.02 Å². The number of nitrogens with one attached hydrogen (secondary N) is 1. The molecule has 3 heterocycles. The molecule has 2 aliphatic rings. The summed E-state index contributed by atoms with van der Waals surface area (Å²) >= 11 is 6.22. The van der Waals surface area contributed by atoms with Crippen molar-refractivity contribution in [1.82, 2.24) is 9.88 Å². The minimum atomic E-state index is -0.137. The van der Waals surface area contributed by atoms with E-state index in [0.717, 1.165) is 18.5 Å². The number of hydrogen-bond donors (Lipinski definition) is 1. The monoisotopic (exact) mass is 392 g/mol. The van der Waals surface area contributed by atoms with Crippen LogP contribution >= 0.6 is 11.6 Å². The Morgan fingerprint density at radius 2 is 1.93 bits per heavy atom. The maximum Gasteiger partial charge on any atom is 0.255 e. The molecule has 1 N–H and O–H groups in total. The Morgan fingerprint density at radius 3 is 2.64 bits per heavy atom. The van der Waals surface area contributed by atoms with Crippen LogP contribution in [-0.2, 0) is 0 Å². The van der Waals surface area contributed by atoms with Crippen LogP contribution in [0.1, 0.15) is 16.8 Å². The summed E-state index contributed by atoms with van der Waals surface area (Å²) in [5.74, 6) is -0.137. The average molecular weight is 393 g/mol. The largest absolute Gasteiger partial charge is 0.366 e. The molecule has 142 valence electrons. The Bertz CT molecular complexity index is 1050. The van der Waals surface area contributed by atoms with Gasteiger partial charge in [0, 0.05) is 48.0 Å². The van der Waals surface area contributed by atoms with Gasteiger partial charge in [0.25, 0.3) is 5.91 Å². The maximum atomic E-state index is 12.8. The number of likely N-dealkylation sites (N-methyl/N-ethyl adjacent to an activating group) is 1. The highest BCUT2D eigenvalue weighted by molar-refractivity contribution is 6.35. The molecule has 0 aliphatic carbocycles. The standard InChI is InChI=1S/C22H21ClN4O/c1-26-12-17-11-16(26)13-27(17)15-6-4-14(5-7-15)22(28)25-20-9-8-19(23)21-18(20)3-2-10-24-21/h2-10,16-17H,11-13H2,1H3,(H,25,28)/t16-,17-/m0/s1. The van der Waals surface area contributed by atoms with Crippen molar-refractivity contribution in [2.45, 2.75) is 18.5 Å². The zero-order valence-electron chi connectivity index (χ0n) is 15.6. The van der Waals surface area contributed by atoms with E-state index in [9.17, 15) is 4.79 Å². The number of piperazine rings is 1. The highest BCUT2D eigenvalue weighted by atomic mass is 35.5. The lowest BCUT2D eigenvalue weighted by Gasteiger charge is -2.33. The summed E-state index contributed by atoms with van der Waals surface area (Å²) in [7, 11) is 2.20. The molecular formula is C22H21ClN4O. The van der Waals surface area contributed by atoms with Gasteiger partial charge in [-0.2, -0.15) is 0 Å². The van der Waals surface area contributed by atoms with E-state index in [0.29, 0.717) is 33.9 Å². The molecule has 2 aromatic carbocycles. The second kappa shape index (κ2) is 6.76. The van der Waals surface area contributed by atoms with Gasteiger partial charge >= 0.3 is 0 Å². The van der Waals surface area contributed by atoms with Crippen LogP contribution < -0.4 is 10.2 Å². The predicted octanol–water partition coefficient (Wildman–Crippen LogP) is 4.03. The topological polar surface area (TPSA) is 48.5 Å². The summed E-state index contributed by atoms with van der Waals surface area (Å²) in [5, 5.41) is 4.40. The number of likely N-dealkylation sites (tertiary alicyclic amines) is 1. The second-order valence-corrected chi connectivity index (χ2v) is 8.04. The number of nitrogens with zero attached hydrogens (tertiary/aromatic N) is 3. The van der Waals surface area contributed by atoms with E-state index >= 15 is 0 Å². The first-order chi connectivity index (χ1) is 13.6. The number of aromatic nitrogens is 1. The summed E-state index contributed by atoms with van der Waals surface area (Å²) < 4.78 is 0. The molecule has 28 heavy (non-hydrogen) atoms. The maximum absolute atomic E-state index is 12.8. The van der Waals surface area contributed by atoms with Crippen molar-refractivity contribution in [2.75, 3.05) is 30.4 Å². The third kappa shape index (κ3) is 2.91. The van der Waals surface area contributed by atoms with Crippen molar-refractivity contribution in [3.05, 3.63) is 65.3 Å². The van der Waals surface area contributed by atoms with Gasteiger partial charge in [0.15, 0.2) is 0 Å². The number of pyridine rings is 1. The molecule has 3 aromatic rings. The second-order valence-electron chi connectivity index (χ2n) is 7.63. The van der Waals surface area contributed by atoms with Gasteiger partial charge in [0.05, 0.1) is 16.2 Å². The van der Waals surface area contributed by atoms with Crippen LogP contribution in [0.5, 0.6) is 0 Å². The Morgan fingerprint density at radius 1 is 1.11 bits per heavy atom. The Hall–Kier alpha value is -2.63. The Kier molecular flexibility index (Phi) is 4.22. The first-order valence-corrected chi connectivity index (χ1v) is 9.89. The molecule has 1 amide bonds. The van der Waals surface area contributed by atoms with E-state index in [2.05, 4.69) is 39.3 Å². The molecule has 2 saturated heterocycles. The number of anilines is 2. The molecule has 0 radical (unpaired) electrons. The van der Waals surface area contributed by atoms with Crippen molar-refractivity contribution >= 4 is 39.8 Å². The number of benzene rings is 2. The molecule has 2 atom stereocenters. The minimum Gasteiger partial charge on any atom is -0.366 e. The summed E-state index contributed by atoms with van der Waals surface area (Å²) in [6.45, 7) is 2.18. The van der Waals surface area contributed by atoms with Gasteiger partial charge in [-0.1, -0.05) is 11.6 Å². The third-order valence-electron chi connectivity index (χ3n) is 5.94. The molecule has 0 saturated carbocycles. The molecule has 2 bridgehead atoms. The van der Waals surface area contributed by atoms with Gasteiger partial charge in [-0.25, -0.2) is 0 Å². The molecular weight excluding hydrogens is 372 g/mol. The Balaban J connectivity index is 1.35. The molecule has 2 fully saturated rings. The van der Waals surface area contributed by atoms with Gasteiger partial charge in [-0.15, -0.1) is 0 Å². The summed E-state index contributed by atoms with van der Waals surface area (Å²) in [4.78, 5) is 22.0. The van der Waals surface area contributed by atoms with Gasteiger partial charge in [0.1, 0.15) is 0 Å². The lowest BCUT2D eigenvalue weighted by Crippen LogP contribution is -2.44. The number of hydrogen-bond acceptors (Lipinski definition) is 4. The molecule has 0 unspecified atom stereocenters. The lowest BCUT2D eigenvalue weighted by molar-refractivity contribution is 0.102. The number of rotatable bonds is 3. The van der Waals surface area contributed by atoms with Crippen LogP contribution in [0.25, 0.3) is 10.9 Å². The average Bonchev–Trinajstić information content (AvgIpc) is 3.30. The van der Waals surface area contributed by atoms with Gasteiger partial charge in [-0.05, 0) is 62.0 Å². The zero-order chi connectivity index (χ0) is 19.3. The fourth-order valence-electron chi connectivity index (χ4n) is 4.43. The van der Waals surface area contributed by atoms with E-state index in [1.54, 1.807) is 12.3 Å². The molecule has 1 aromatic heterocycles. The first kappa shape index (κ1) is 17.5. The quantitative estimate of drug-likeness (QED) is 0.731. The van der Waals surface area contributed by atoms with E-state index < -0.39 is 0 Å². The van der Waals surface area contributed by atoms with Crippen molar-refractivity contribution in [1.29, 1.82) is 0 Å². The normalized spacial score (nSPS) is 21.4. The lowest BCUT2D eigenvalue weighted by atomic mass is 10.1. The van der Waals surface area contributed by atoms with Crippen molar-refractivity contribution in [3.8, 4) is 0 Å². The van der Waals surface area contributed by atoms with Gasteiger partial charge < -0.3 is 10.2 Å². The van der Waals surface area contributed by atoms with Crippen molar-refractivity contribution in [2.24, 2.45) is 0 Å². The van der Waals surface area contributed by atoms with E-state index in [4.69, 9.17) is 11.6 Å². The highest BCUT2D eigenvalue weighted by Crippen LogP contribution is 2.34. The molecule has 5 nitrogen and oxygen atoms in total. The number of amides is 1. The molecule has 0 spiro atoms. The fourth-order valence-corrected chi connectivity index (χ4v) is 4.64. The van der Waals surface area contributed by atoms with Gasteiger partial charge in [0.2, 0.25) is 0 Å². The van der Waals surface area contributed by atoms with E-state index in [1.165, 1.54) is 12.1 Å². The number of halogens is 1. The smallest absolute Gasteiger partial charge is 0.255 e. The van der Waals surface area contributed by atoms with E-state index in [-0.39, 0.29) is 5.91 Å². The van der Waals surface area contributed by atoms with Crippen molar-refractivity contribution < 1.29 is 4.79 Å². The molecule has 2 aliphatic heterocycles. The SMILES string of the molecule is CN1C[C@@H]2C[C@H]1CN2c1ccc(C(=O)Nc2ccc(Cl)c3ncccc23)cc1. The highest BCUT2D eigenvalue weighted by Gasteiger charge is 2.41. The van der Waals surface area contributed by atoms with Crippen molar-refractivity contribution in [3.63, 3.8) is 0 Å². The minimum absolute atomic E-state index is 0.137. The van der Waals surface area contributed by atoms with Crippen LogP contribution in [-0.4, -0.2) is 48.0 Å². The molecule has 5 rings (SSSR count). The predicted molar refractivity (Wildman–Crippen MR) is 113 cm³/mol.